The molecule has 1 aliphatic heterocycles. The molecule has 5 heteroatoms. The minimum absolute atomic E-state index is 0.125. The zero-order valence-corrected chi connectivity index (χ0v) is 10.5. The smallest absolute Gasteiger partial charge is 0.200 e. The highest BCUT2D eigenvalue weighted by atomic mass is 16.5. The molecule has 104 valence electrons. The van der Waals surface area contributed by atoms with Gasteiger partial charge in [-0.15, -0.1) is 0 Å². The number of benzene rings is 2. The summed E-state index contributed by atoms with van der Waals surface area (Å²) in [7, 11) is 0. The highest BCUT2D eigenvalue weighted by molar-refractivity contribution is 5.55. The summed E-state index contributed by atoms with van der Waals surface area (Å²) < 4.78 is 5.64. The highest BCUT2D eigenvalue weighted by Gasteiger charge is 2.32. The Morgan fingerprint density at radius 2 is 1.65 bits per heavy atom. The van der Waals surface area contributed by atoms with E-state index >= 15 is 0 Å². The number of aromatic hydroxyl groups is 3. The van der Waals surface area contributed by atoms with Crippen LogP contribution < -0.4 is 4.74 Å². The number of phenols is 3. The zero-order chi connectivity index (χ0) is 14.3. The van der Waals surface area contributed by atoms with Gasteiger partial charge in [-0.3, -0.25) is 0 Å². The molecule has 2 aromatic carbocycles. The lowest BCUT2D eigenvalue weighted by Gasteiger charge is -2.31. The van der Waals surface area contributed by atoms with Gasteiger partial charge in [-0.2, -0.15) is 0 Å². The highest BCUT2D eigenvalue weighted by Crippen LogP contribution is 2.45. The van der Waals surface area contributed by atoms with Crippen molar-refractivity contribution in [3.8, 4) is 23.0 Å². The minimum atomic E-state index is -0.768. The van der Waals surface area contributed by atoms with Crippen molar-refractivity contribution >= 4 is 0 Å². The van der Waals surface area contributed by atoms with Crippen molar-refractivity contribution in [2.45, 2.75) is 18.6 Å². The van der Waals surface area contributed by atoms with Gasteiger partial charge < -0.3 is 25.2 Å². The Balaban J connectivity index is 1.99. The van der Waals surface area contributed by atoms with E-state index in [-0.39, 0.29) is 23.0 Å². The number of hydrogen-bond donors (Lipinski definition) is 4. The Morgan fingerprint density at radius 1 is 0.950 bits per heavy atom. The third-order valence-electron chi connectivity index (χ3n) is 3.44. The average Bonchev–Trinajstić information content (AvgIpc) is 2.44. The van der Waals surface area contributed by atoms with Crippen LogP contribution in [-0.2, 0) is 6.42 Å². The molecule has 0 saturated heterocycles. The lowest BCUT2D eigenvalue weighted by Crippen LogP contribution is -2.30. The molecule has 0 aromatic heterocycles. The second-order valence-electron chi connectivity index (χ2n) is 4.82. The number of aliphatic hydroxyl groups excluding tert-OH is 1. The Bertz CT molecular complexity index is 635. The van der Waals surface area contributed by atoms with Crippen LogP contribution in [0.4, 0.5) is 0 Å². The van der Waals surface area contributed by atoms with Crippen molar-refractivity contribution in [1.29, 1.82) is 0 Å². The van der Waals surface area contributed by atoms with Crippen LogP contribution in [0.15, 0.2) is 36.4 Å². The predicted molar refractivity (Wildman–Crippen MR) is 71.0 cm³/mol. The summed E-state index contributed by atoms with van der Waals surface area (Å²) in [5.41, 5.74) is 1.33. The molecule has 1 aliphatic rings. The van der Waals surface area contributed by atoms with E-state index in [4.69, 9.17) is 4.74 Å². The standard InChI is InChI=1S/C15H14O5/c16-10-4-1-8(2-5-10)14-12(18)7-9-3-6-11(17)13(19)15(9)20-14/h1-6,12,14,16-19H,7H2. The number of ether oxygens (including phenoxy) is 1. The fraction of sp³-hybridized carbons (Fsp3) is 0.200. The van der Waals surface area contributed by atoms with E-state index in [1.807, 2.05) is 0 Å². The largest absolute Gasteiger partial charge is 0.508 e. The van der Waals surface area contributed by atoms with Crippen molar-refractivity contribution < 1.29 is 25.2 Å². The molecule has 0 radical (unpaired) electrons. The Hall–Kier alpha value is -2.40. The van der Waals surface area contributed by atoms with Gasteiger partial charge in [0.15, 0.2) is 17.6 Å². The second-order valence-corrected chi connectivity index (χ2v) is 4.82. The molecule has 2 aromatic rings. The van der Waals surface area contributed by atoms with E-state index in [0.29, 0.717) is 17.5 Å². The fourth-order valence-corrected chi connectivity index (χ4v) is 2.39. The molecule has 0 bridgehead atoms. The van der Waals surface area contributed by atoms with Crippen LogP contribution in [0.3, 0.4) is 0 Å². The van der Waals surface area contributed by atoms with Gasteiger partial charge in [-0.05, 0) is 23.8 Å². The third-order valence-corrected chi connectivity index (χ3v) is 3.44. The molecule has 20 heavy (non-hydrogen) atoms. The molecule has 2 unspecified atom stereocenters. The molecule has 0 fully saturated rings. The molecular formula is C15H14O5. The summed E-state index contributed by atoms with van der Waals surface area (Å²) in [6.07, 6.45) is -1.11. The summed E-state index contributed by atoms with van der Waals surface area (Å²) in [6.45, 7) is 0. The summed E-state index contributed by atoms with van der Waals surface area (Å²) in [4.78, 5) is 0. The first kappa shape index (κ1) is 12.6. The van der Waals surface area contributed by atoms with E-state index in [1.165, 1.54) is 18.2 Å². The first-order chi connectivity index (χ1) is 9.56. The number of fused-ring (bicyclic) bond motifs is 1. The first-order valence-electron chi connectivity index (χ1n) is 6.23. The van der Waals surface area contributed by atoms with Gasteiger partial charge in [0.1, 0.15) is 5.75 Å². The predicted octanol–water partition coefficient (Wildman–Crippen LogP) is 1.84. The molecule has 0 saturated carbocycles. The van der Waals surface area contributed by atoms with E-state index in [2.05, 4.69) is 0 Å². The summed E-state index contributed by atoms with van der Waals surface area (Å²) in [5, 5.41) is 38.8. The molecule has 3 rings (SSSR count). The normalized spacial score (nSPS) is 21.1. The number of phenolic OH excluding ortho intramolecular Hbond substituents is 3. The van der Waals surface area contributed by atoms with Crippen LogP contribution >= 0.6 is 0 Å². The van der Waals surface area contributed by atoms with Gasteiger partial charge in [-0.1, -0.05) is 18.2 Å². The lowest BCUT2D eigenvalue weighted by atomic mass is 9.94. The quantitative estimate of drug-likeness (QED) is 0.596. The van der Waals surface area contributed by atoms with Gasteiger partial charge in [0.2, 0.25) is 5.75 Å². The minimum Gasteiger partial charge on any atom is -0.508 e. The van der Waals surface area contributed by atoms with Crippen molar-refractivity contribution in [2.24, 2.45) is 0 Å². The fourth-order valence-electron chi connectivity index (χ4n) is 2.39. The first-order valence-corrected chi connectivity index (χ1v) is 6.23. The SMILES string of the molecule is Oc1ccc(C2Oc3c(ccc(O)c3O)CC2O)cc1. The van der Waals surface area contributed by atoms with E-state index in [0.717, 1.165) is 0 Å². The number of hydrogen-bond acceptors (Lipinski definition) is 5. The third kappa shape index (κ3) is 2.02. The molecular weight excluding hydrogens is 260 g/mol. The molecule has 0 aliphatic carbocycles. The summed E-state index contributed by atoms with van der Waals surface area (Å²) >= 11 is 0. The Kier molecular flexibility index (Phi) is 2.91. The molecule has 0 amide bonds. The van der Waals surface area contributed by atoms with Gasteiger partial charge in [0.25, 0.3) is 0 Å². The van der Waals surface area contributed by atoms with Gasteiger partial charge >= 0.3 is 0 Å². The van der Waals surface area contributed by atoms with Gasteiger partial charge in [-0.25, -0.2) is 0 Å². The molecule has 5 nitrogen and oxygen atoms in total. The average molecular weight is 274 g/mol. The molecule has 4 N–H and O–H groups in total. The maximum Gasteiger partial charge on any atom is 0.200 e. The van der Waals surface area contributed by atoms with Crippen molar-refractivity contribution in [3.05, 3.63) is 47.5 Å². The topological polar surface area (TPSA) is 90.2 Å². The molecule has 0 spiro atoms. The maximum absolute atomic E-state index is 10.2. The molecule has 1 heterocycles. The lowest BCUT2D eigenvalue weighted by molar-refractivity contribution is 0.0187. The van der Waals surface area contributed by atoms with Crippen LogP contribution in [0, 0.1) is 0 Å². The van der Waals surface area contributed by atoms with Crippen LogP contribution in [0.2, 0.25) is 0 Å². The van der Waals surface area contributed by atoms with Gasteiger partial charge in [0.05, 0.1) is 6.10 Å². The van der Waals surface area contributed by atoms with Crippen molar-refractivity contribution in [1.82, 2.24) is 0 Å². The van der Waals surface area contributed by atoms with E-state index in [1.54, 1.807) is 18.2 Å². The van der Waals surface area contributed by atoms with Crippen LogP contribution in [0.1, 0.15) is 17.2 Å². The van der Waals surface area contributed by atoms with Crippen LogP contribution in [0.5, 0.6) is 23.0 Å². The Morgan fingerprint density at radius 3 is 2.35 bits per heavy atom. The second kappa shape index (κ2) is 4.61. The monoisotopic (exact) mass is 274 g/mol. The van der Waals surface area contributed by atoms with Crippen molar-refractivity contribution in [3.63, 3.8) is 0 Å². The zero-order valence-electron chi connectivity index (χ0n) is 10.5. The van der Waals surface area contributed by atoms with Crippen LogP contribution in [0.25, 0.3) is 0 Å². The van der Waals surface area contributed by atoms with Crippen molar-refractivity contribution in [2.75, 3.05) is 0 Å². The van der Waals surface area contributed by atoms with Gasteiger partial charge in [0, 0.05) is 12.0 Å². The number of rotatable bonds is 1. The Labute approximate surface area is 115 Å². The van der Waals surface area contributed by atoms with Crippen LogP contribution in [-0.4, -0.2) is 26.5 Å². The summed E-state index contributed by atoms with van der Waals surface area (Å²) in [6, 6.07) is 9.28. The maximum atomic E-state index is 10.2. The molecule has 2 atom stereocenters. The van der Waals surface area contributed by atoms with E-state index in [9.17, 15) is 20.4 Å². The number of aliphatic hydroxyl groups is 1. The van der Waals surface area contributed by atoms with E-state index < -0.39 is 12.2 Å². The summed E-state index contributed by atoms with van der Waals surface area (Å²) in [5.74, 6) is -0.268.